The minimum Gasteiger partial charge on any atom is -0.507 e. The molecule has 35 heavy (non-hydrogen) atoms. The van der Waals surface area contributed by atoms with Crippen LogP contribution < -0.4 is 16.3 Å². The maximum atomic E-state index is 12.5. The summed E-state index contributed by atoms with van der Waals surface area (Å²) in [5, 5.41) is 24.0. The number of carbonyl (C=O) groups is 2. The first-order chi connectivity index (χ1) is 16.6. The lowest BCUT2D eigenvalue weighted by atomic mass is 9.83. The number of nitrogens with one attached hydrogen (secondary N) is 3. The number of allylic oxidation sites excluding steroid dienone is 4. The monoisotopic (exact) mass is 475 g/mol. The first-order valence-electron chi connectivity index (χ1n) is 11.1. The third-order valence-electron chi connectivity index (χ3n) is 5.76. The molecule has 0 saturated heterocycles. The number of hydrogen-bond acceptors (Lipinski definition) is 7. The SMILES string of the molecule is CC1=NC(C)=C(/C(C)=N/NC(=O)c2ccccc2O)C(C)/C1=C(\C)NNC(=O)c1ccccc1O. The summed E-state index contributed by atoms with van der Waals surface area (Å²) in [7, 11) is 0. The Morgan fingerprint density at radius 2 is 1.43 bits per heavy atom. The second kappa shape index (κ2) is 10.7. The van der Waals surface area contributed by atoms with Crippen LogP contribution in [0, 0.1) is 5.92 Å². The Bertz CT molecular complexity index is 1290. The molecule has 0 saturated carbocycles. The zero-order valence-electron chi connectivity index (χ0n) is 20.3. The Hall–Kier alpha value is -4.40. The van der Waals surface area contributed by atoms with E-state index in [0.717, 1.165) is 22.6 Å². The summed E-state index contributed by atoms with van der Waals surface area (Å²) in [6, 6.07) is 12.5. The van der Waals surface area contributed by atoms with E-state index in [9.17, 15) is 19.8 Å². The summed E-state index contributed by atoms with van der Waals surface area (Å²) >= 11 is 0. The molecule has 2 amide bonds. The second-order valence-electron chi connectivity index (χ2n) is 8.21. The van der Waals surface area contributed by atoms with E-state index in [1.807, 2.05) is 27.7 Å². The summed E-state index contributed by atoms with van der Waals surface area (Å²) in [5.74, 6) is -1.38. The van der Waals surface area contributed by atoms with Gasteiger partial charge in [0.1, 0.15) is 11.5 Å². The number of aromatic hydroxyl groups is 2. The summed E-state index contributed by atoms with van der Waals surface area (Å²) in [5.41, 5.74) is 12.8. The highest BCUT2D eigenvalue weighted by Gasteiger charge is 2.27. The van der Waals surface area contributed by atoms with E-state index in [4.69, 9.17) is 0 Å². The molecule has 0 fully saturated rings. The van der Waals surface area contributed by atoms with Crippen LogP contribution in [0.25, 0.3) is 0 Å². The maximum Gasteiger partial charge on any atom is 0.275 e. The lowest BCUT2D eigenvalue weighted by Crippen LogP contribution is -2.38. The van der Waals surface area contributed by atoms with Crippen LogP contribution in [-0.4, -0.2) is 33.5 Å². The standard InChI is InChI=1S/C26H29N5O4/c1-14-23(17(4)28-30-25(34)19-10-6-8-12-21(19)32)15(2)27-16(3)24(14)18(5)29-31-26(35)20-11-7-9-13-22(20)33/h6-14,28,32-33H,1-5H3,(H,30,34)(H,31,35)/b23-17-,29-18+. The largest absolute Gasteiger partial charge is 0.507 e. The normalized spacial score (nSPS) is 17.5. The molecule has 3 rings (SSSR count). The van der Waals surface area contributed by atoms with Crippen LogP contribution in [-0.2, 0) is 0 Å². The van der Waals surface area contributed by atoms with Crippen LogP contribution in [0.3, 0.4) is 0 Å². The molecule has 1 heterocycles. The van der Waals surface area contributed by atoms with E-state index in [0.29, 0.717) is 11.4 Å². The molecule has 1 atom stereocenters. The van der Waals surface area contributed by atoms with Crippen LogP contribution in [0.4, 0.5) is 0 Å². The molecule has 2 aromatic rings. The van der Waals surface area contributed by atoms with Gasteiger partial charge in [-0.05, 0) is 52.0 Å². The third kappa shape index (κ3) is 5.57. The van der Waals surface area contributed by atoms with Crippen LogP contribution in [0.5, 0.6) is 11.5 Å². The number of aliphatic imine (C=N–C) groups is 1. The van der Waals surface area contributed by atoms with Crippen molar-refractivity contribution in [2.24, 2.45) is 16.0 Å². The molecule has 0 radical (unpaired) electrons. The lowest BCUT2D eigenvalue weighted by molar-refractivity contribution is 0.0932. The molecule has 0 aromatic heterocycles. The minimum absolute atomic E-state index is 0.112. The molecule has 1 aliphatic rings. The van der Waals surface area contributed by atoms with Gasteiger partial charge >= 0.3 is 0 Å². The van der Waals surface area contributed by atoms with Gasteiger partial charge in [-0.1, -0.05) is 31.2 Å². The van der Waals surface area contributed by atoms with E-state index in [1.54, 1.807) is 31.2 Å². The molecule has 1 aliphatic heterocycles. The number of carbonyl (C=O) groups excluding carboxylic acids is 2. The number of benzene rings is 2. The van der Waals surface area contributed by atoms with Crippen molar-refractivity contribution in [2.75, 3.05) is 0 Å². The Labute approximate surface area is 204 Å². The first kappa shape index (κ1) is 25.2. The van der Waals surface area contributed by atoms with Gasteiger partial charge in [-0.15, -0.1) is 0 Å². The third-order valence-corrected chi connectivity index (χ3v) is 5.76. The Kier molecular flexibility index (Phi) is 7.70. The van der Waals surface area contributed by atoms with Gasteiger partial charge in [0.05, 0.1) is 16.8 Å². The second-order valence-corrected chi connectivity index (χ2v) is 8.21. The molecule has 2 aromatic carbocycles. The van der Waals surface area contributed by atoms with Crippen molar-refractivity contribution in [1.29, 1.82) is 0 Å². The average molecular weight is 476 g/mol. The fraction of sp³-hybridized carbons (Fsp3) is 0.231. The molecule has 0 spiro atoms. The van der Waals surface area contributed by atoms with Crippen molar-refractivity contribution >= 4 is 23.2 Å². The molecular weight excluding hydrogens is 446 g/mol. The zero-order chi connectivity index (χ0) is 25.7. The zero-order valence-corrected chi connectivity index (χ0v) is 20.3. The van der Waals surface area contributed by atoms with Crippen molar-refractivity contribution < 1.29 is 19.8 Å². The maximum absolute atomic E-state index is 12.5. The number of phenolic OH excluding ortho intramolecular Hbond substituents is 2. The Morgan fingerprint density at radius 1 is 0.886 bits per heavy atom. The molecule has 5 N–H and O–H groups in total. The van der Waals surface area contributed by atoms with Crippen molar-refractivity contribution in [1.82, 2.24) is 16.3 Å². The van der Waals surface area contributed by atoms with Gasteiger partial charge in [0, 0.05) is 34.2 Å². The summed E-state index contributed by atoms with van der Waals surface area (Å²) < 4.78 is 0. The van der Waals surface area contributed by atoms with Gasteiger partial charge in [0.25, 0.3) is 11.8 Å². The fourth-order valence-corrected chi connectivity index (χ4v) is 4.19. The molecule has 182 valence electrons. The summed E-state index contributed by atoms with van der Waals surface area (Å²) in [6.45, 7) is 9.34. The number of phenols is 2. The quantitative estimate of drug-likeness (QED) is 0.320. The predicted octanol–water partition coefficient (Wildman–Crippen LogP) is 3.80. The van der Waals surface area contributed by atoms with Crippen LogP contribution >= 0.6 is 0 Å². The van der Waals surface area contributed by atoms with Gasteiger partial charge in [0.15, 0.2) is 0 Å². The highest BCUT2D eigenvalue weighted by molar-refractivity contribution is 6.08. The smallest absolute Gasteiger partial charge is 0.275 e. The fourth-order valence-electron chi connectivity index (χ4n) is 4.19. The lowest BCUT2D eigenvalue weighted by Gasteiger charge is -2.27. The van der Waals surface area contributed by atoms with E-state index in [-0.39, 0.29) is 28.5 Å². The summed E-state index contributed by atoms with van der Waals surface area (Å²) in [6.07, 6.45) is 0. The first-order valence-corrected chi connectivity index (χ1v) is 11.1. The van der Waals surface area contributed by atoms with Crippen LogP contribution in [0.15, 0.2) is 81.2 Å². The highest BCUT2D eigenvalue weighted by atomic mass is 16.3. The van der Waals surface area contributed by atoms with Gasteiger partial charge in [0.2, 0.25) is 0 Å². The molecule has 9 nitrogen and oxygen atoms in total. The number of amides is 2. The average Bonchev–Trinajstić information content (AvgIpc) is 2.81. The predicted molar refractivity (Wildman–Crippen MR) is 135 cm³/mol. The molecule has 0 aliphatic carbocycles. The topological polar surface area (TPSA) is 135 Å². The van der Waals surface area contributed by atoms with E-state index in [1.165, 1.54) is 24.3 Å². The van der Waals surface area contributed by atoms with Gasteiger partial charge < -0.3 is 15.6 Å². The number of para-hydroxylation sites is 2. The minimum atomic E-state index is -0.524. The van der Waals surface area contributed by atoms with E-state index in [2.05, 4.69) is 26.4 Å². The van der Waals surface area contributed by atoms with Crippen LogP contribution in [0.2, 0.25) is 0 Å². The highest BCUT2D eigenvalue weighted by Crippen LogP contribution is 2.32. The Morgan fingerprint density at radius 3 is 2.00 bits per heavy atom. The summed E-state index contributed by atoms with van der Waals surface area (Å²) in [4.78, 5) is 29.5. The van der Waals surface area contributed by atoms with Crippen molar-refractivity contribution in [2.45, 2.75) is 34.6 Å². The van der Waals surface area contributed by atoms with Crippen molar-refractivity contribution in [3.8, 4) is 11.5 Å². The van der Waals surface area contributed by atoms with Crippen LogP contribution in [0.1, 0.15) is 55.3 Å². The van der Waals surface area contributed by atoms with Crippen molar-refractivity contribution in [3.05, 3.63) is 82.2 Å². The number of hydrogen-bond donors (Lipinski definition) is 5. The number of hydrazine groups is 1. The van der Waals surface area contributed by atoms with Crippen molar-refractivity contribution in [3.63, 3.8) is 0 Å². The van der Waals surface area contributed by atoms with E-state index < -0.39 is 11.8 Å². The van der Waals surface area contributed by atoms with Gasteiger partial charge in [-0.3, -0.25) is 20.0 Å². The molecular formula is C26H29N5O4. The Balaban J connectivity index is 1.79. The molecule has 9 heteroatoms. The van der Waals surface area contributed by atoms with Gasteiger partial charge in [-0.2, -0.15) is 5.10 Å². The molecule has 1 unspecified atom stereocenters. The number of rotatable bonds is 6. The number of nitrogens with zero attached hydrogens (tertiary/aromatic N) is 2. The molecule has 0 bridgehead atoms. The van der Waals surface area contributed by atoms with Gasteiger partial charge in [-0.25, -0.2) is 5.43 Å². The number of hydrazone groups is 1. The van der Waals surface area contributed by atoms with E-state index >= 15 is 0 Å².